The fourth-order valence-electron chi connectivity index (χ4n) is 1.76. The van der Waals surface area contributed by atoms with Gasteiger partial charge in [-0.2, -0.15) is 0 Å². The summed E-state index contributed by atoms with van der Waals surface area (Å²) in [6.07, 6.45) is 4.25. The van der Waals surface area contributed by atoms with Crippen LogP contribution in [0.15, 0.2) is 17.2 Å². The molecule has 0 aliphatic heterocycles. The first-order valence-corrected chi connectivity index (χ1v) is 6.80. The van der Waals surface area contributed by atoms with E-state index >= 15 is 0 Å². The third-order valence-electron chi connectivity index (χ3n) is 2.64. The van der Waals surface area contributed by atoms with Crippen LogP contribution in [0.25, 0.3) is 0 Å². The quantitative estimate of drug-likeness (QED) is 0.810. The third kappa shape index (κ3) is 4.33. The molecule has 0 radical (unpaired) electrons. The maximum Gasteiger partial charge on any atom is 0.293 e. The van der Waals surface area contributed by atoms with Gasteiger partial charge in [-0.1, -0.05) is 13.8 Å². The van der Waals surface area contributed by atoms with E-state index < -0.39 is 0 Å². The van der Waals surface area contributed by atoms with Crippen molar-refractivity contribution in [3.63, 3.8) is 0 Å². The molecule has 1 N–H and O–H groups in total. The van der Waals surface area contributed by atoms with Crippen molar-refractivity contribution in [2.45, 2.75) is 45.5 Å². The van der Waals surface area contributed by atoms with Gasteiger partial charge in [-0.3, -0.25) is 4.79 Å². The van der Waals surface area contributed by atoms with Crippen molar-refractivity contribution >= 4 is 17.4 Å². The second kappa shape index (κ2) is 6.78. The highest BCUT2D eigenvalue weighted by Crippen LogP contribution is 2.11. The van der Waals surface area contributed by atoms with Gasteiger partial charge in [0.05, 0.1) is 5.38 Å². The van der Waals surface area contributed by atoms with Crippen LogP contribution in [0.4, 0.5) is 5.82 Å². The van der Waals surface area contributed by atoms with Gasteiger partial charge in [0, 0.05) is 25.0 Å². The zero-order valence-electron chi connectivity index (χ0n) is 11.5. The lowest BCUT2D eigenvalue weighted by Gasteiger charge is -2.14. The number of hydrogen-bond acceptors (Lipinski definition) is 3. The smallest absolute Gasteiger partial charge is 0.293 e. The molecule has 4 nitrogen and oxygen atoms in total. The van der Waals surface area contributed by atoms with Gasteiger partial charge in [0.25, 0.3) is 5.56 Å². The van der Waals surface area contributed by atoms with Gasteiger partial charge in [-0.05, 0) is 26.2 Å². The van der Waals surface area contributed by atoms with Crippen LogP contribution < -0.4 is 10.9 Å². The van der Waals surface area contributed by atoms with Crippen molar-refractivity contribution in [2.75, 3.05) is 11.9 Å². The van der Waals surface area contributed by atoms with Crippen LogP contribution in [-0.4, -0.2) is 21.5 Å². The lowest BCUT2D eigenvalue weighted by Crippen LogP contribution is -2.28. The average molecular weight is 272 g/mol. The molecule has 0 spiro atoms. The topological polar surface area (TPSA) is 46.9 Å². The SMILES string of the molecule is CC(C)CC(Cl)CNc1nccn(C(C)C)c1=O. The minimum absolute atomic E-state index is 0.0129. The van der Waals surface area contributed by atoms with Crippen molar-refractivity contribution in [1.82, 2.24) is 9.55 Å². The van der Waals surface area contributed by atoms with E-state index in [9.17, 15) is 4.79 Å². The molecule has 0 amide bonds. The number of alkyl halides is 1. The Morgan fingerprint density at radius 2 is 2.06 bits per heavy atom. The normalized spacial score (nSPS) is 13.1. The van der Waals surface area contributed by atoms with E-state index in [2.05, 4.69) is 24.1 Å². The molecule has 0 saturated heterocycles. The van der Waals surface area contributed by atoms with E-state index in [1.54, 1.807) is 17.0 Å². The van der Waals surface area contributed by atoms with Crippen LogP contribution in [0.1, 0.15) is 40.2 Å². The van der Waals surface area contributed by atoms with Crippen molar-refractivity contribution < 1.29 is 0 Å². The van der Waals surface area contributed by atoms with E-state index in [-0.39, 0.29) is 17.0 Å². The predicted molar refractivity (Wildman–Crippen MR) is 76.5 cm³/mol. The Kier molecular flexibility index (Phi) is 5.66. The number of anilines is 1. The second-order valence-corrected chi connectivity index (χ2v) is 5.81. The van der Waals surface area contributed by atoms with Gasteiger partial charge >= 0.3 is 0 Å². The molecule has 1 rings (SSSR count). The fraction of sp³-hybridized carbons (Fsp3) is 0.692. The van der Waals surface area contributed by atoms with Crippen molar-refractivity contribution in [2.24, 2.45) is 5.92 Å². The highest BCUT2D eigenvalue weighted by molar-refractivity contribution is 6.20. The van der Waals surface area contributed by atoms with E-state index in [1.807, 2.05) is 13.8 Å². The average Bonchev–Trinajstić information content (AvgIpc) is 2.26. The maximum absolute atomic E-state index is 12.0. The summed E-state index contributed by atoms with van der Waals surface area (Å²) in [5.41, 5.74) is -0.0964. The zero-order valence-corrected chi connectivity index (χ0v) is 12.2. The molecule has 1 heterocycles. The summed E-state index contributed by atoms with van der Waals surface area (Å²) in [5.74, 6) is 0.922. The molecule has 0 fully saturated rings. The molecule has 0 aliphatic carbocycles. The zero-order chi connectivity index (χ0) is 13.7. The first-order chi connectivity index (χ1) is 8.41. The number of aromatic nitrogens is 2. The summed E-state index contributed by atoms with van der Waals surface area (Å²) < 4.78 is 1.65. The van der Waals surface area contributed by atoms with E-state index in [0.717, 1.165) is 6.42 Å². The fourth-order valence-corrected chi connectivity index (χ4v) is 2.19. The standard InChI is InChI=1S/C13H22ClN3O/c1-9(2)7-11(14)8-16-12-13(18)17(10(3)4)6-5-15-12/h5-6,9-11H,7-8H2,1-4H3,(H,15,16). The lowest BCUT2D eigenvalue weighted by atomic mass is 10.1. The van der Waals surface area contributed by atoms with Crippen LogP contribution in [0.2, 0.25) is 0 Å². The van der Waals surface area contributed by atoms with Crippen LogP contribution in [0.3, 0.4) is 0 Å². The van der Waals surface area contributed by atoms with Crippen LogP contribution in [0, 0.1) is 5.92 Å². The van der Waals surface area contributed by atoms with Gasteiger partial charge in [-0.15, -0.1) is 11.6 Å². The van der Waals surface area contributed by atoms with Gasteiger partial charge in [0.2, 0.25) is 0 Å². The molecule has 0 aromatic carbocycles. The van der Waals surface area contributed by atoms with E-state index in [1.165, 1.54) is 0 Å². The Morgan fingerprint density at radius 1 is 1.39 bits per heavy atom. The molecule has 0 aliphatic rings. The first kappa shape index (κ1) is 15.0. The molecule has 1 aromatic heterocycles. The Morgan fingerprint density at radius 3 is 2.61 bits per heavy atom. The molecule has 0 bridgehead atoms. The summed E-state index contributed by atoms with van der Waals surface area (Å²) in [6.45, 7) is 8.75. The maximum atomic E-state index is 12.0. The number of nitrogens with zero attached hydrogens (tertiary/aromatic N) is 2. The van der Waals surface area contributed by atoms with E-state index in [0.29, 0.717) is 18.3 Å². The van der Waals surface area contributed by atoms with Gasteiger partial charge in [-0.25, -0.2) is 4.98 Å². The monoisotopic (exact) mass is 271 g/mol. The molecule has 1 unspecified atom stereocenters. The molecule has 102 valence electrons. The molecule has 18 heavy (non-hydrogen) atoms. The molecule has 0 saturated carbocycles. The van der Waals surface area contributed by atoms with Gasteiger partial charge in [0.1, 0.15) is 0 Å². The molecule has 1 atom stereocenters. The minimum atomic E-state index is -0.0964. The molecular weight excluding hydrogens is 250 g/mol. The summed E-state index contributed by atoms with van der Waals surface area (Å²) >= 11 is 6.18. The number of halogens is 1. The van der Waals surface area contributed by atoms with E-state index in [4.69, 9.17) is 11.6 Å². The largest absolute Gasteiger partial charge is 0.364 e. The van der Waals surface area contributed by atoms with Crippen LogP contribution in [0.5, 0.6) is 0 Å². The summed E-state index contributed by atoms with van der Waals surface area (Å²) in [6, 6.07) is 0.128. The first-order valence-electron chi connectivity index (χ1n) is 6.37. The van der Waals surface area contributed by atoms with Gasteiger partial charge in [0.15, 0.2) is 5.82 Å². The number of hydrogen-bond donors (Lipinski definition) is 1. The Balaban J connectivity index is 2.68. The minimum Gasteiger partial charge on any atom is -0.364 e. The van der Waals surface area contributed by atoms with Gasteiger partial charge < -0.3 is 9.88 Å². The number of nitrogens with one attached hydrogen (secondary N) is 1. The van der Waals surface area contributed by atoms with Crippen LogP contribution in [-0.2, 0) is 0 Å². The Bertz CT molecular complexity index is 428. The lowest BCUT2D eigenvalue weighted by molar-refractivity contribution is 0.566. The van der Waals surface area contributed by atoms with Crippen molar-refractivity contribution in [3.05, 3.63) is 22.7 Å². The predicted octanol–water partition coefficient (Wildman–Crippen LogP) is 2.89. The third-order valence-corrected chi connectivity index (χ3v) is 2.97. The summed E-state index contributed by atoms with van der Waals surface area (Å²) in [7, 11) is 0. The highest BCUT2D eigenvalue weighted by Gasteiger charge is 2.10. The van der Waals surface area contributed by atoms with Crippen molar-refractivity contribution in [3.8, 4) is 0 Å². The van der Waals surface area contributed by atoms with Crippen molar-refractivity contribution in [1.29, 1.82) is 0 Å². The molecule has 1 aromatic rings. The molecule has 5 heteroatoms. The summed E-state index contributed by atoms with van der Waals surface area (Å²) in [4.78, 5) is 16.1. The second-order valence-electron chi connectivity index (χ2n) is 5.19. The Labute approximate surface area is 113 Å². The summed E-state index contributed by atoms with van der Waals surface area (Å²) in [5, 5.41) is 3.05. The molecular formula is C13H22ClN3O. The Hall–Kier alpha value is -1.03. The van der Waals surface area contributed by atoms with Crippen LogP contribution >= 0.6 is 11.6 Å². The number of rotatable bonds is 6. The highest BCUT2D eigenvalue weighted by atomic mass is 35.5.